The Morgan fingerprint density at radius 2 is 1.88 bits per heavy atom. The van der Waals surface area contributed by atoms with Crippen molar-refractivity contribution in [1.29, 1.82) is 0 Å². The third kappa shape index (κ3) is 2.20. The van der Waals surface area contributed by atoms with Gasteiger partial charge in [-0.25, -0.2) is 4.68 Å². The van der Waals surface area contributed by atoms with Crippen molar-refractivity contribution >= 4 is 11.9 Å². The van der Waals surface area contributed by atoms with Crippen molar-refractivity contribution in [3.63, 3.8) is 0 Å². The molecule has 2 aromatic heterocycles. The highest BCUT2D eigenvalue weighted by molar-refractivity contribution is 5.25. The van der Waals surface area contributed by atoms with E-state index in [1.54, 1.807) is 6.20 Å². The average molecular weight is 222 g/mol. The van der Waals surface area contributed by atoms with Crippen molar-refractivity contribution < 1.29 is 5.11 Å². The van der Waals surface area contributed by atoms with Gasteiger partial charge in [-0.05, 0) is 0 Å². The van der Waals surface area contributed by atoms with Crippen LogP contribution in [-0.4, -0.2) is 35.1 Å². The molecule has 0 amide bonds. The lowest BCUT2D eigenvalue weighted by Crippen LogP contribution is -2.10. The summed E-state index contributed by atoms with van der Waals surface area (Å²) in [5, 5.41) is 16.3. The van der Waals surface area contributed by atoms with E-state index in [-0.39, 0.29) is 25.0 Å². The van der Waals surface area contributed by atoms with Gasteiger partial charge in [-0.1, -0.05) is 5.21 Å². The molecule has 0 atom stereocenters. The molecule has 9 nitrogen and oxygen atoms in total. The molecule has 0 aliphatic heterocycles. The van der Waals surface area contributed by atoms with E-state index in [1.165, 1.54) is 4.68 Å². The molecule has 2 heterocycles. The van der Waals surface area contributed by atoms with Crippen LogP contribution in [-0.2, 0) is 13.2 Å². The molecule has 0 saturated heterocycles. The number of nitrogens with two attached hydrogens (primary N) is 2. The van der Waals surface area contributed by atoms with E-state index in [1.807, 2.05) is 0 Å². The second-order valence-corrected chi connectivity index (χ2v) is 3.03. The summed E-state index contributed by atoms with van der Waals surface area (Å²) in [5.41, 5.74) is 11.3. The molecule has 9 heteroatoms. The fourth-order valence-corrected chi connectivity index (χ4v) is 1.16. The van der Waals surface area contributed by atoms with Crippen LogP contribution >= 0.6 is 0 Å². The molecule has 5 N–H and O–H groups in total. The quantitative estimate of drug-likeness (QED) is 0.550. The largest absolute Gasteiger partial charge is 0.390 e. The van der Waals surface area contributed by atoms with Crippen molar-refractivity contribution in [1.82, 2.24) is 29.9 Å². The summed E-state index contributed by atoms with van der Waals surface area (Å²) in [6.07, 6.45) is 1.58. The number of hydrogen-bond donors (Lipinski definition) is 3. The van der Waals surface area contributed by atoms with E-state index < -0.39 is 0 Å². The van der Waals surface area contributed by atoms with E-state index in [0.717, 1.165) is 0 Å². The highest BCUT2D eigenvalue weighted by atomic mass is 16.3. The van der Waals surface area contributed by atoms with E-state index in [0.29, 0.717) is 11.5 Å². The van der Waals surface area contributed by atoms with Gasteiger partial charge in [0.2, 0.25) is 11.9 Å². The van der Waals surface area contributed by atoms with Gasteiger partial charge in [0.15, 0.2) is 5.82 Å². The van der Waals surface area contributed by atoms with Crippen LogP contribution in [0.3, 0.4) is 0 Å². The number of rotatable bonds is 3. The van der Waals surface area contributed by atoms with Crippen molar-refractivity contribution in [3.8, 4) is 0 Å². The summed E-state index contributed by atoms with van der Waals surface area (Å²) in [4.78, 5) is 11.4. The standard InChI is InChI=1S/C7H10N8O/c8-6-10-5(11-7(9)12-6)2-15-1-4(3-16)13-14-15/h1,16H,2-3H2,(H4,8,9,10,11,12). The molecule has 2 aromatic rings. The van der Waals surface area contributed by atoms with E-state index in [9.17, 15) is 0 Å². The van der Waals surface area contributed by atoms with E-state index in [4.69, 9.17) is 16.6 Å². The smallest absolute Gasteiger partial charge is 0.225 e. The predicted octanol–water partition coefficient (Wildman–Crippen LogP) is -1.83. The number of hydrogen-bond acceptors (Lipinski definition) is 8. The third-order valence-electron chi connectivity index (χ3n) is 1.77. The van der Waals surface area contributed by atoms with Gasteiger partial charge in [-0.15, -0.1) is 5.10 Å². The molecule has 0 radical (unpaired) electrons. The number of aliphatic hydroxyl groups excluding tert-OH is 1. The zero-order chi connectivity index (χ0) is 11.5. The van der Waals surface area contributed by atoms with Gasteiger partial charge in [0, 0.05) is 0 Å². The molecule has 0 bridgehead atoms. The van der Waals surface area contributed by atoms with Crippen LogP contribution in [0, 0.1) is 0 Å². The normalized spacial score (nSPS) is 10.6. The van der Waals surface area contributed by atoms with E-state index in [2.05, 4.69) is 25.3 Å². The minimum absolute atomic E-state index is 0.0602. The molecule has 0 unspecified atom stereocenters. The number of nitrogens with zero attached hydrogens (tertiary/aromatic N) is 6. The van der Waals surface area contributed by atoms with Gasteiger partial charge in [0.1, 0.15) is 12.2 Å². The number of anilines is 2. The molecule has 0 aliphatic rings. The van der Waals surface area contributed by atoms with Gasteiger partial charge in [-0.2, -0.15) is 15.0 Å². The van der Waals surface area contributed by atoms with Crippen LogP contribution in [0.1, 0.15) is 11.5 Å². The Hall–Kier alpha value is -2.29. The van der Waals surface area contributed by atoms with Gasteiger partial charge in [-0.3, -0.25) is 0 Å². The Balaban J connectivity index is 2.19. The molecule has 0 aromatic carbocycles. The molecule has 2 rings (SSSR count). The summed E-state index contributed by atoms with van der Waals surface area (Å²) < 4.78 is 1.47. The van der Waals surface area contributed by atoms with Crippen LogP contribution in [0.25, 0.3) is 0 Å². The van der Waals surface area contributed by atoms with Crippen molar-refractivity contribution in [3.05, 3.63) is 17.7 Å². The Morgan fingerprint density at radius 1 is 1.19 bits per heavy atom. The average Bonchev–Trinajstić information content (AvgIpc) is 2.64. The second-order valence-electron chi connectivity index (χ2n) is 3.03. The molecule has 0 fully saturated rings. The van der Waals surface area contributed by atoms with Crippen molar-refractivity contribution in [2.24, 2.45) is 0 Å². The Kier molecular flexibility index (Phi) is 2.60. The molecule has 0 spiro atoms. The first-order valence-corrected chi connectivity index (χ1v) is 4.43. The number of nitrogen functional groups attached to an aromatic ring is 2. The monoisotopic (exact) mass is 222 g/mol. The lowest BCUT2D eigenvalue weighted by Gasteiger charge is -2.01. The van der Waals surface area contributed by atoms with Crippen LogP contribution in [0.2, 0.25) is 0 Å². The van der Waals surface area contributed by atoms with Crippen molar-refractivity contribution in [2.75, 3.05) is 11.5 Å². The van der Waals surface area contributed by atoms with Crippen molar-refractivity contribution in [2.45, 2.75) is 13.2 Å². The third-order valence-corrected chi connectivity index (χ3v) is 1.77. The molecule has 16 heavy (non-hydrogen) atoms. The topological polar surface area (TPSA) is 142 Å². The SMILES string of the molecule is Nc1nc(N)nc(Cn2cc(CO)nn2)n1. The minimum Gasteiger partial charge on any atom is -0.390 e. The number of aromatic nitrogens is 6. The summed E-state index contributed by atoms with van der Waals surface area (Å²) >= 11 is 0. The van der Waals surface area contributed by atoms with E-state index >= 15 is 0 Å². The molecule has 0 saturated carbocycles. The summed E-state index contributed by atoms with van der Waals surface area (Å²) in [7, 11) is 0. The van der Waals surface area contributed by atoms with Crippen LogP contribution < -0.4 is 11.5 Å². The highest BCUT2D eigenvalue weighted by Gasteiger charge is 2.05. The zero-order valence-electron chi connectivity index (χ0n) is 8.28. The lowest BCUT2D eigenvalue weighted by atomic mass is 10.5. The Morgan fingerprint density at radius 3 is 2.44 bits per heavy atom. The minimum atomic E-state index is -0.165. The van der Waals surface area contributed by atoms with Gasteiger partial charge in [0.25, 0.3) is 0 Å². The first-order chi connectivity index (χ1) is 7.67. The lowest BCUT2D eigenvalue weighted by molar-refractivity contribution is 0.276. The van der Waals surface area contributed by atoms with Gasteiger partial charge >= 0.3 is 0 Å². The Labute approximate surface area is 90.1 Å². The number of aliphatic hydroxyl groups is 1. The maximum atomic E-state index is 8.81. The zero-order valence-corrected chi connectivity index (χ0v) is 8.28. The predicted molar refractivity (Wildman–Crippen MR) is 53.7 cm³/mol. The molecule has 0 aliphatic carbocycles. The first-order valence-electron chi connectivity index (χ1n) is 4.43. The second kappa shape index (κ2) is 4.06. The molecular formula is C7H10N8O. The van der Waals surface area contributed by atoms with Crippen LogP contribution in [0.15, 0.2) is 6.20 Å². The summed E-state index contributed by atoms with van der Waals surface area (Å²) in [6.45, 7) is 0.103. The highest BCUT2D eigenvalue weighted by Crippen LogP contribution is 2.01. The maximum Gasteiger partial charge on any atom is 0.225 e. The fourth-order valence-electron chi connectivity index (χ4n) is 1.16. The maximum absolute atomic E-state index is 8.81. The summed E-state index contributed by atoms with van der Waals surface area (Å²) in [6, 6.07) is 0. The molecular weight excluding hydrogens is 212 g/mol. The first kappa shape index (κ1) is 10.2. The van der Waals surface area contributed by atoms with Gasteiger partial charge < -0.3 is 16.6 Å². The van der Waals surface area contributed by atoms with Crippen LogP contribution in [0.5, 0.6) is 0 Å². The Bertz CT molecular complexity index is 475. The summed E-state index contributed by atoms with van der Waals surface area (Å²) in [5.74, 6) is 0.509. The van der Waals surface area contributed by atoms with Crippen LogP contribution in [0.4, 0.5) is 11.9 Å². The molecule has 84 valence electrons. The fraction of sp³-hybridized carbons (Fsp3) is 0.286. The van der Waals surface area contributed by atoms with Gasteiger partial charge in [0.05, 0.1) is 12.8 Å².